The summed E-state index contributed by atoms with van der Waals surface area (Å²) in [5.41, 5.74) is 3.86. The molecule has 1 aliphatic carbocycles. The summed E-state index contributed by atoms with van der Waals surface area (Å²) in [6, 6.07) is 5.83. The van der Waals surface area contributed by atoms with Crippen molar-refractivity contribution in [2.75, 3.05) is 5.32 Å². The summed E-state index contributed by atoms with van der Waals surface area (Å²) in [4.78, 5) is 30.7. The number of aryl methyl sites for hydroxylation is 3. The molecule has 2 aromatic heterocycles. The Bertz CT molecular complexity index is 1110. The van der Waals surface area contributed by atoms with Crippen LogP contribution in [-0.4, -0.2) is 10.9 Å². The number of carbonyl (C=O) groups is 1. The number of hydrogen-bond donors (Lipinski definition) is 1. The van der Waals surface area contributed by atoms with Crippen molar-refractivity contribution in [1.29, 1.82) is 0 Å². The van der Waals surface area contributed by atoms with Gasteiger partial charge >= 0.3 is 5.63 Å². The van der Waals surface area contributed by atoms with Crippen LogP contribution in [0.1, 0.15) is 47.0 Å². The number of nitrogens with zero attached hydrogens (tertiary/aromatic N) is 1. The highest BCUT2D eigenvalue weighted by molar-refractivity contribution is 7.15. The highest BCUT2D eigenvalue weighted by atomic mass is 32.1. The van der Waals surface area contributed by atoms with Gasteiger partial charge in [0.05, 0.1) is 5.69 Å². The zero-order valence-electron chi connectivity index (χ0n) is 16.4. The largest absolute Gasteiger partial charge is 0.423 e. The molecule has 1 aliphatic rings. The van der Waals surface area contributed by atoms with Crippen molar-refractivity contribution in [3.8, 4) is 0 Å². The fraction of sp³-hybridized carbons (Fsp3) is 0.409. The lowest BCUT2D eigenvalue weighted by atomic mass is 9.93. The Morgan fingerprint density at radius 3 is 3.00 bits per heavy atom. The fourth-order valence-electron chi connectivity index (χ4n) is 3.80. The smallest absolute Gasteiger partial charge is 0.339 e. The maximum atomic E-state index is 12.4. The van der Waals surface area contributed by atoms with Crippen molar-refractivity contribution in [2.45, 2.75) is 52.9 Å². The lowest BCUT2D eigenvalue weighted by Gasteiger charge is -2.15. The molecule has 28 heavy (non-hydrogen) atoms. The third-order valence-corrected chi connectivity index (χ3v) is 6.51. The molecule has 5 nitrogen and oxygen atoms in total. The van der Waals surface area contributed by atoms with Crippen LogP contribution in [0.4, 0.5) is 5.13 Å². The number of anilines is 1. The minimum absolute atomic E-state index is 0.123. The second-order valence-corrected chi connectivity index (χ2v) is 8.86. The molecule has 4 rings (SSSR count). The first-order chi connectivity index (χ1) is 13.4. The number of fused-ring (bicyclic) bond motifs is 2. The summed E-state index contributed by atoms with van der Waals surface area (Å²) in [6.45, 7) is 6.13. The summed E-state index contributed by atoms with van der Waals surface area (Å²) in [7, 11) is 0. The maximum absolute atomic E-state index is 12.4. The molecule has 146 valence electrons. The van der Waals surface area contributed by atoms with Gasteiger partial charge in [-0.2, -0.15) is 0 Å². The van der Waals surface area contributed by atoms with Gasteiger partial charge in [0.15, 0.2) is 5.13 Å². The van der Waals surface area contributed by atoms with Gasteiger partial charge in [-0.3, -0.25) is 4.79 Å². The van der Waals surface area contributed by atoms with Gasteiger partial charge in [-0.1, -0.05) is 19.1 Å². The number of aromatic nitrogens is 1. The van der Waals surface area contributed by atoms with Gasteiger partial charge < -0.3 is 9.73 Å². The van der Waals surface area contributed by atoms with Gasteiger partial charge in [0.2, 0.25) is 5.91 Å². The van der Waals surface area contributed by atoms with Gasteiger partial charge in [-0.05, 0) is 62.6 Å². The molecule has 1 atom stereocenters. The number of carbonyl (C=O) groups excluding carboxylic acids is 1. The first kappa shape index (κ1) is 18.9. The molecule has 3 aromatic rings. The van der Waals surface area contributed by atoms with Gasteiger partial charge in [-0.25, -0.2) is 9.78 Å². The molecule has 1 N–H and O–H groups in total. The van der Waals surface area contributed by atoms with E-state index in [0.717, 1.165) is 41.5 Å². The molecular weight excluding hydrogens is 372 g/mol. The first-order valence-electron chi connectivity index (χ1n) is 9.72. The minimum atomic E-state index is -0.359. The van der Waals surface area contributed by atoms with Gasteiger partial charge in [0, 0.05) is 22.2 Å². The standard InChI is InChI=1S/C22H24N2O3S/c1-12-4-6-15-14(3)16(21(26)27-18(15)10-12)7-9-20(25)24-22-23-17-8-5-13(2)11-19(17)28-22/h4,6,10,13H,5,7-9,11H2,1-3H3,(H,23,24,25)/t13-/m0/s1. The number of benzene rings is 1. The van der Waals surface area contributed by atoms with E-state index >= 15 is 0 Å². The van der Waals surface area contributed by atoms with E-state index in [1.807, 2.05) is 32.0 Å². The number of rotatable bonds is 4. The van der Waals surface area contributed by atoms with E-state index < -0.39 is 0 Å². The van der Waals surface area contributed by atoms with Crippen molar-refractivity contribution < 1.29 is 9.21 Å². The zero-order valence-corrected chi connectivity index (χ0v) is 17.2. The maximum Gasteiger partial charge on any atom is 0.339 e. The molecule has 1 aromatic carbocycles. The second kappa shape index (κ2) is 7.51. The molecule has 0 bridgehead atoms. The molecule has 2 heterocycles. The van der Waals surface area contributed by atoms with Crippen LogP contribution in [0.5, 0.6) is 0 Å². The topological polar surface area (TPSA) is 72.2 Å². The van der Waals surface area contributed by atoms with Gasteiger partial charge in [-0.15, -0.1) is 11.3 Å². The van der Waals surface area contributed by atoms with Crippen molar-refractivity contribution in [3.63, 3.8) is 0 Å². The summed E-state index contributed by atoms with van der Waals surface area (Å²) in [6.07, 6.45) is 3.76. The van der Waals surface area contributed by atoms with Crippen LogP contribution >= 0.6 is 11.3 Å². The molecule has 0 spiro atoms. The van der Waals surface area contributed by atoms with Crippen molar-refractivity contribution >= 4 is 33.3 Å². The van der Waals surface area contributed by atoms with Crippen LogP contribution < -0.4 is 10.9 Å². The number of amides is 1. The SMILES string of the molecule is Cc1ccc2c(C)c(CCC(=O)Nc3nc4c(s3)C[C@@H](C)CC4)c(=O)oc2c1. The van der Waals surface area contributed by atoms with Crippen molar-refractivity contribution in [3.05, 3.63) is 55.9 Å². The lowest BCUT2D eigenvalue weighted by molar-refractivity contribution is -0.116. The Hall–Kier alpha value is -2.47. The number of nitrogens with one attached hydrogen (secondary N) is 1. The van der Waals surface area contributed by atoms with E-state index in [4.69, 9.17) is 4.42 Å². The molecule has 0 saturated heterocycles. The molecule has 0 radical (unpaired) electrons. The van der Waals surface area contributed by atoms with Crippen LogP contribution in [-0.2, 0) is 24.1 Å². The Kier molecular flexibility index (Phi) is 5.06. The normalized spacial score (nSPS) is 16.2. The molecule has 0 aliphatic heterocycles. The van der Waals surface area contributed by atoms with E-state index in [0.29, 0.717) is 28.6 Å². The monoisotopic (exact) mass is 396 g/mol. The molecule has 0 saturated carbocycles. The average molecular weight is 397 g/mol. The van der Waals surface area contributed by atoms with Crippen LogP contribution in [0, 0.1) is 19.8 Å². The Morgan fingerprint density at radius 2 is 2.18 bits per heavy atom. The van der Waals surface area contributed by atoms with Crippen molar-refractivity contribution in [1.82, 2.24) is 4.98 Å². The lowest BCUT2D eigenvalue weighted by Crippen LogP contribution is -2.16. The molecule has 0 unspecified atom stereocenters. The van der Waals surface area contributed by atoms with E-state index in [1.165, 1.54) is 4.88 Å². The Morgan fingerprint density at radius 1 is 1.36 bits per heavy atom. The van der Waals surface area contributed by atoms with Gasteiger partial charge in [0.1, 0.15) is 5.58 Å². The van der Waals surface area contributed by atoms with Crippen LogP contribution in [0.15, 0.2) is 27.4 Å². The molecule has 1 amide bonds. The predicted molar refractivity (Wildman–Crippen MR) is 112 cm³/mol. The highest BCUT2D eigenvalue weighted by Crippen LogP contribution is 2.32. The van der Waals surface area contributed by atoms with E-state index in [1.54, 1.807) is 11.3 Å². The Balaban J connectivity index is 1.47. The summed E-state index contributed by atoms with van der Waals surface area (Å²) < 4.78 is 5.47. The summed E-state index contributed by atoms with van der Waals surface area (Å²) >= 11 is 1.58. The van der Waals surface area contributed by atoms with E-state index in [-0.39, 0.29) is 18.0 Å². The van der Waals surface area contributed by atoms with E-state index in [9.17, 15) is 9.59 Å². The molecule has 6 heteroatoms. The summed E-state index contributed by atoms with van der Waals surface area (Å²) in [5, 5.41) is 4.49. The quantitative estimate of drug-likeness (QED) is 0.656. The number of hydrogen-bond acceptors (Lipinski definition) is 5. The molecular formula is C22H24N2O3S. The highest BCUT2D eigenvalue weighted by Gasteiger charge is 2.20. The summed E-state index contributed by atoms with van der Waals surface area (Å²) in [5.74, 6) is 0.553. The third kappa shape index (κ3) is 3.74. The third-order valence-electron chi connectivity index (χ3n) is 5.48. The number of thiazole rings is 1. The van der Waals surface area contributed by atoms with Crippen LogP contribution in [0.2, 0.25) is 0 Å². The van der Waals surface area contributed by atoms with Crippen molar-refractivity contribution in [2.24, 2.45) is 5.92 Å². The average Bonchev–Trinajstić information content (AvgIpc) is 3.02. The zero-order chi connectivity index (χ0) is 19.8. The van der Waals surface area contributed by atoms with E-state index in [2.05, 4.69) is 17.2 Å². The van der Waals surface area contributed by atoms with Gasteiger partial charge in [0.25, 0.3) is 0 Å². The Labute approximate surface area is 167 Å². The van der Waals surface area contributed by atoms with Crippen LogP contribution in [0.25, 0.3) is 11.0 Å². The fourth-order valence-corrected chi connectivity index (χ4v) is 4.99. The predicted octanol–water partition coefficient (Wildman–Crippen LogP) is 4.56. The first-order valence-corrected chi connectivity index (χ1v) is 10.5. The minimum Gasteiger partial charge on any atom is -0.423 e. The second-order valence-electron chi connectivity index (χ2n) is 7.78. The van der Waals surface area contributed by atoms with Crippen LogP contribution in [0.3, 0.4) is 0 Å². The molecule has 0 fully saturated rings.